The highest BCUT2D eigenvalue weighted by atomic mass is 32.2. The highest BCUT2D eigenvalue weighted by molar-refractivity contribution is 7.93. The molecule has 1 aliphatic rings. The van der Waals surface area contributed by atoms with Gasteiger partial charge >= 0.3 is 0 Å². The highest BCUT2D eigenvalue weighted by Gasteiger charge is 2.23. The molecule has 0 radical (unpaired) electrons. The van der Waals surface area contributed by atoms with Crippen molar-refractivity contribution in [3.63, 3.8) is 0 Å². The van der Waals surface area contributed by atoms with Crippen molar-refractivity contribution in [1.29, 1.82) is 0 Å². The van der Waals surface area contributed by atoms with Gasteiger partial charge < -0.3 is 14.8 Å². The van der Waals surface area contributed by atoms with E-state index in [4.69, 9.17) is 9.47 Å². The SMILES string of the molecule is CC(C)Oc1ccc(NS(=O)(=O)CC(=O)NCc2ccccc2CN2CC(C)OC(C)C2)cc1. The molecule has 0 saturated carbocycles. The first-order valence-electron chi connectivity index (χ1n) is 11.6. The first kappa shape index (κ1) is 26.0. The number of amides is 1. The summed E-state index contributed by atoms with van der Waals surface area (Å²) in [5.74, 6) is -0.566. The summed E-state index contributed by atoms with van der Waals surface area (Å²) in [5.41, 5.74) is 2.45. The molecule has 0 spiro atoms. The molecule has 2 N–H and O–H groups in total. The number of carbonyl (C=O) groups excluding carboxylic acids is 1. The summed E-state index contributed by atoms with van der Waals surface area (Å²) in [6, 6.07) is 14.5. The summed E-state index contributed by atoms with van der Waals surface area (Å²) < 4.78 is 38.7. The Labute approximate surface area is 202 Å². The Balaban J connectivity index is 1.53. The van der Waals surface area contributed by atoms with Gasteiger partial charge in [0, 0.05) is 31.9 Å². The van der Waals surface area contributed by atoms with Crippen LogP contribution in [0.1, 0.15) is 38.8 Å². The number of hydrogen-bond donors (Lipinski definition) is 2. The van der Waals surface area contributed by atoms with E-state index in [1.54, 1.807) is 24.3 Å². The third kappa shape index (κ3) is 8.30. The molecule has 9 heteroatoms. The first-order valence-corrected chi connectivity index (χ1v) is 13.2. The molecule has 2 aromatic rings. The van der Waals surface area contributed by atoms with Crippen molar-refractivity contribution in [2.24, 2.45) is 0 Å². The minimum Gasteiger partial charge on any atom is -0.491 e. The zero-order valence-electron chi connectivity index (χ0n) is 20.3. The van der Waals surface area contributed by atoms with Gasteiger partial charge in [0.1, 0.15) is 11.5 Å². The molecule has 1 aliphatic heterocycles. The number of morpholine rings is 1. The molecular weight excluding hydrogens is 454 g/mol. The maximum atomic E-state index is 12.5. The highest BCUT2D eigenvalue weighted by Crippen LogP contribution is 2.19. The minimum atomic E-state index is -3.84. The Kier molecular flexibility index (Phi) is 8.93. The predicted octanol–water partition coefficient (Wildman–Crippen LogP) is 3.14. The molecule has 3 rings (SSSR count). The number of nitrogens with zero attached hydrogens (tertiary/aromatic N) is 1. The summed E-state index contributed by atoms with van der Waals surface area (Å²) in [7, 11) is -3.84. The molecule has 1 fully saturated rings. The van der Waals surface area contributed by atoms with Gasteiger partial charge in [0.25, 0.3) is 0 Å². The summed E-state index contributed by atoms with van der Waals surface area (Å²) >= 11 is 0. The normalized spacial score (nSPS) is 19.1. The molecule has 0 aliphatic carbocycles. The second-order valence-electron chi connectivity index (χ2n) is 9.05. The van der Waals surface area contributed by atoms with Crippen molar-refractivity contribution < 1.29 is 22.7 Å². The maximum absolute atomic E-state index is 12.5. The number of hydrogen-bond acceptors (Lipinski definition) is 6. The van der Waals surface area contributed by atoms with Crippen LogP contribution >= 0.6 is 0 Å². The fourth-order valence-electron chi connectivity index (χ4n) is 4.05. The lowest BCUT2D eigenvalue weighted by Gasteiger charge is -2.35. The van der Waals surface area contributed by atoms with E-state index in [-0.39, 0.29) is 24.9 Å². The molecule has 1 amide bonds. The maximum Gasteiger partial charge on any atom is 0.241 e. The molecule has 186 valence electrons. The van der Waals surface area contributed by atoms with Crippen LogP contribution in [0.4, 0.5) is 5.69 Å². The Morgan fingerprint density at radius 1 is 1.06 bits per heavy atom. The standard InChI is InChI=1S/C25H35N3O5S/c1-18(2)32-24-11-9-23(10-12-24)27-34(30,31)17-25(29)26-13-21-7-5-6-8-22(21)16-28-14-19(3)33-20(4)15-28/h5-12,18-20,27H,13-17H2,1-4H3,(H,26,29). The lowest BCUT2D eigenvalue weighted by Crippen LogP contribution is -2.45. The van der Waals surface area contributed by atoms with Gasteiger partial charge in [-0.05, 0) is 63.1 Å². The van der Waals surface area contributed by atoms with E-state index in [1.807, 2.05) is 38.1 Å². The minimum absolute atomic E-state index is 0.0253. The van der Waals surface area contributed by atoms with Crippen LogP contribution in [-0.2, 0) is 32.6 Å². The van der Waals surface area contributed by atoms with Crippen molar-refractivity contribution in [1.82, 2.24) is 10.2 Å². The van der Waals surface area contributed by atoms with Crippen molar-refractivity contribution in [2.45, 2.75) is 59.1 Å². The third-order valence-corrected chi connectivity index (χ3v) is 6.49. The fraction of sp³-hybridized carbons (Fsp3) is 0.480. The van der Waals surface area contributed by atoms with Gasteiger partial charge in [-0.2, -0.15) is 0 Å². The average molecular weight is 490 g/mol. The summed E-state index contributed by atoms with van der Waals surface area (Å²) in [5, 5.41) is 2.75. The summed E-state index contributed by atoms with van der Waals surface area (Å²) in [6.45, 7) is 10.7. The van der Waals surface area contributed by atoms with Crippen molar-refractivity contribution in [3.05, 3.63) is 59.7 Å². The molecule has 2 unspecified atom stereocenters. The molecular formula is C25H35N3O5S. The Morgan fingerprint density at radius 2 is 1.68 bits per heavy atom. The van der Waals surface area contributed by atoms with Gasteiger partial charge in [-0.1, -0.05) is 24.3 Å². The zero-order valence-corrected chi connectivity index (χ0v) is 21.1. The largest absolute Gasteiger partial charge is 0.491 e. The van der Waals surface area contributed by atoms with Crippen LogP contribution in [0, 0.1) is 0 Å². The number of rotatable bonds is 10. The molecule has 2 atom stereocenters. The second-order valence-corrected chi connectivity index (χ2v) is 10.8. The molecule has 0 aromatic heterocycles. The lowest BCUT2D eigenvalue weighted by molar-refractivity contribution is -0.118. The quantitative estimate of drug-likeness (QED) is 0.532. The Hall–Kier alpha value is -2.62. The molecule has 2 aromatic carbocycles. The van der Waals surface area contributed by atoms with Crippen LogP contribution in [-0.4, -0.2) is 56.4 Å². The van der Waals surface area contributed by atoms with Gasteiger partial charge in [-0.3, -0.25) is 14.4 Å². The lowest BCUT2D eigenvalue weighted by atomic mass is 10.1. The molecule has 1 saturated heterocycles. The van der Waals surface area contributed by atoms with Crippen LogP contribution in [0.15, 0.2) is 48.5 Å². The van der Waals surface area contributed by atoms with Crippen molar-refractivity contribution in [3.8, 4) is 5.75 Å². The van der Waals surface area contributed by atoms with Gasteiger partial charge in [0.05, 0.1) is 18.3 Å². The number of ether oxygens (including phenoxy) is 2. The van der Waals surface area contributed by atoms with Crippen molar-refractivity contribution in [2.75, 3.05) is 23.6 Å². The van der Waals surface area contributed by atoms with Gasteiger partial charge in [0.2, 0.25) is 15.9 Å². The second kappa shape index (κ2) is 11.7. The summed E-state index contributed by atoms with van der Waals surface area (Å²) in [6.07, 6.45) is 0.372. The van der Waals surface area contributed by atoms with Crippen molar-refractivity contribution >= 4 is 21.6 Å². The first-order chi connectivity index (χ1) is 16.1. The average Bonchev–Trinajstić information content (AvgIpc) is 2.73. The number of carbonyl (C=O) groups is 1. The monoisotopic (exact) mass is 489 g/mol. The molecule has 1 heterocycles. The third-order valence-electron chi connectivity index (χ3n) is 5.30. The topological polar surface area (TPSA) is 97.0 Å². The van der Waals surface area contributed by atoms with Crippen LogP contribution in [0.5, 0.6) is 5.75 Å². The Bertz CT molecular complexity index is 1050. The van der Waals surface area contributed by atoms with Crippen LogP contribution < -0.4 is 14.8 Å². The molecule has 34 heavy (non-hydrogen) atoms. The number of sulfonamides is 1. The van der Waals surface area contributed by atoms with E-state index in [2.05, 4.69) is 28.8 Å². The smallest absolute Gasteiger partial charge is 0.241 e. The number of anilines is 1. The van der Waals surface area contributed by atoms with E-state index in [9.17, 15) is 13.2 Å². The molecule has 0 bridgehead atoms. The van der Waals surface area contributed by atoms with E-state index in [1.165, 1.54) is 0 Å². The number of benzene rings is 2. The summed E-state index contributed by atoms with van der Waals surface area (Å²) in [4.78, 5) is 14.7. The van der Waals surface area contributed by atoms with Gasteiger partial charge in [-0.25, -0.2) is 8.42 Å². The zero-order chi connectivity index (χ0) is 24.7. The van der Waals surface area contributed by atoms with Crippen LogP contribution in [0.2, 0.25) is 0 Å². The van der Waals surface area contributed by atoms with E-state index >= 15 is 0 Å². The van der Waals surface area contributed by atoms with Crippen LogP contribution in [0.25, 0.3) is 0 Å². The Morgan fingerprint density at radius 3 is 2.29 bits per heavy atom. The molecule has 8 nitrogen and oxygen atoms in total. The van der Waals surface area contributed by atoms with E-state index < -0.39 is 21.7 Å². The number of nitrogens with one attached hydrogen (secondary N) is 2. The van der Waals surface area contributed by atoms with Gasteiger partial charge in [0.15, 0.2) is 0 Å². The van der Waals surface area contributed by atoms with E-state index in [0.717, 1.165) is 30.8 Å². The van der Waals surface area contributed by atoms with Gasteiger partial charge in [-0.15, -0.1) is 0 Å². The van der Waals surface area contributed by atoms with E-state index in [0.29, 0.717) is 11.4 Å². The predicted molar refractivity (Wildman–Crippen MR) is 133 cm³/mol. The van der Waals surface area contributed by atoms with Crippen LogP contribution in [0.3, 0.4) is 0 Å². The fourth-order valence-corrected chi connectivity index (χ4v) is 5.06.